The number of halogens is 3. The van der Waals surface area contributed by atoms with Crippen molar-refractivity contribution in [3.05, 3.63) is 17.7 Å². The van der Waals surface area contributed by atoms with Crippen LogP contribution in [0.1, 0.15) is 44.1 Å². The number of alkyl halides is 3. The van der Waals surface area contributed by atoms with Gasteiger partial charge in [0.05, 0.1) is 12.5 Å². The molecule has 0 aliphatic heterocycles. The Morgan fingerprint density at radius 1 is 1.17 bits per heavy atom. The molecule has 0 aliphatic rings. The van der Waals surface area contributed by atoms with Gasteiger partial charge in [-0.05, 0) is 30.9 Å². The van der Waals surface area contributed by atoms with Gasteiger partial charge in [0.15, 0.2) is 11.5 Å². The van der Waals surface area contributed by atoms with E-state index in [9.17, 15) is 19.6 Å². The van der Waals surface area contributed by atoms with Gasteiger partial charge in [-0.25, -0.2) is 0 Å². The summed E-state index contributed by atoms with van der Waals surface area (Å²) in [5.41, 5.74) is 10.8. The SMILES string of the molecule is COc1ccc(CCCCCCCC(Cl)C(Cl)(Cl)C(=O)NP(N)(N)=O)c(O)c1O. The Labute approximate surface area is 185 Å². The molecule has 0 aromatic heterocycles. The van der Waals surface area contributed by atoms with Gasteiger partial charge < -0.3 is 14.9 Å². The molecular formula is C17H27Cl3N3O5P. The lowest BCUT2D eigenvalue weighted by Gasteiger charge is -2.24. The van der Waals surface area contributed by atoms with Crippen molar-refractivity contribution in [1.29, 1.82) is 0 Å². The molecule has 12 heteroatoms. The highest BCUT2D eigenvalue weighted by Gasteiger charge is 2.42. The van der Waals surface area contributed by atoms with Gasteiger partial charge in [0.2, 0.25) is 10.1 Å². The molecule has 0 saturated heterocycles. The fourth-order valence-corrected chi connectivity index (χ4v) is 3.89. The zero-order valence-corrected chi connectivity index (χ0v) is 19.2. The van der Waals surface area contributed by atoms with E-state index < -0.39 is 23.2 Å². The average Bonchev–Trinajstić information content (AvgIpc) is 2.62. The smallest absolute Gasteiger partial charge is 0.300 e. The fraction of sp³-hybridized carbons (Fsp3) is 0.588. The number of rotatable bonds is 12. The molecule has 0 spiro atoms. The third-order valence-corrected chi connectivity index (χ3v) is 6.49. The second-order valence-electron chi connectivity index (χ2n) is 6.67. The van der Waals surface area contributed by atoms with E-state index >= 15 is 0 Å². The van der Waals surface area contributed by atoms with Gasteiger partial charge in [-0.3, -0.25) is 25.5 Å². The molecule has 29 heavy (non-hydrogen) atoms. The Hall–Kier alpha value is -0.890. The molecule has 7 N–H and O–H groups in total. The highest BCUT2D eigenvalue weighted by molar-refractivity contribution is 7.57. The highest BCUT2D eigenvalue weighted by Crippen LogP contribution is 2.38. The lowest BCUT2D eigenvalue weighted by molar-refractivity contribution is -0.120. The molecule has 166 valence electrons. The normalized spacial score (nSPS) is 13.2. The first-order valence-corrected chi connectivity index (χ1v) is 12.0. The lowest BCUT2D eigenvalue weighted by Crippen LogP contribution is -2.45. The first kappa shape index (κ1) is 26.1. The molecule has 0 fully saturated rings. The van der Waals surface area contributed by atoms with Crippen LogP contribution in [0, 0.1) is 0 Å². The Morgan fingerprint density at radius 3 is 2.34 bits per heavy atom. The Morgan fingerprint density at radius 2 is 1.76 bits per heavy atom. The van der Waals surface area contributed by atoms with Crippen LogP contribution in [0.4, 0.5) is 0 Å². The van der Waals surface area contributed by atoms with Crippen LogP contribution in [0.2, 0.25) is 0 Å². The first-order chi connectivity index (χ1) is 13.4. The lowest BCUT2D eigenvalue weighted by atomic mass is 10.0. The molecule has 1 rings (SSSR count). The maximum absolute atomic E-state index is 11.9. The van der Waals surface area contributed by atoms with Crippen molar-refractivity contribution in [2.75, 3.05) is 7.11 Å². The van der Waals surface area contributed by atoms with E-state index in [0.717, 1.165) is 25.7 Å². The van der Waals surface area contributed by atoms with Crippen LogP contribution >= 0.6 is 42.4 Å². The number of amides is 1. The molecule has 8 nitrogen and oxygen atoms in total. The highest BCUT2D eigenvalue weighted by atomic mass is 35.5. The second kappa shape index (κ2) is 11.5. The van der Waals surface area contributed by atoms with Crippen molar-refractivity contribution in [3.8, 4) is 17.2 Å². The van der Waals surface area contributed by atoms with Crippen molar-refractivity contribution in [3.63, 3.8) is 0 Å². The summed E-state index contributed by atoms with van der Waals surface area (Å²) < 4.78 is 14.2. The number of phenols is 2. The van der Waals surface area contributed by atoms with Gasteiger partial charge >= 0.3 is 0 Å². The number of carbonyl (C=O) groups is 1. The summed E-state index contributed by atoms with van der Waals surface area (Å²) in [7, 11) is -2.39. The molecule has 0 heterocycles. The summed E-state index contributed by atoms with van der Waals surface area (Å²) in [5, 5.41) is 20.7. The number of nitrogens with two attached hydrogens (primary N) is 2. The van der Waals surface area contributed by atoms with Crippen LogP contribution in [0.25, 0.3) is 0 Å². The maximum Gasteiger partial charge on any atom is 0.300 e. The van der Waals surface area contributed by atoms with Crippen molar-refractivity contribution in [2.45, 2.75) is 54.7 Å². The van der Waals surface area contributed by atoms with Crippen LogP contribution in [0.3, 0.4) is 0 Å². The monoisotopic (exact) mass is 489 g/mol. The number of aryl methyl sites for hydroxylation is 1. The minimum absolute atomic E-state index is 0.160. The predicted molar refractivity (Wildman–Crippen MR) is 116 cm³/mol. The zero-order valence-electron chi connectivity index (χ0n) is 16.0. The average molecular weight is 491 g/mol. The summed E-state index contributed by atoms with van der Waals surface area (Å²) in [5.74, 6) is -1.18. The van der Waals surface area contributed by atoms with E-state index in [4.69, 9.17) is 50.5 Å². The quantitative estimate of drug-likeness (QED) is 0.129. The zero-order chi connectivity index (χ0) is 22.2. The van der Waals surface area contributed by atoms with Gasteiger partial charge in [0.1, 0.15) is 0 Å². The molecule has 1 unspecified atom stereocenters. The molecule has 1 atom stereocenters. The summed E-state index contributed by atoms with van der Waals surface area (Å²) in [6, 6.07) is 3.33. The largest absolute Gasteiger partial charge is 0.504 e. The summed E-state index contributed by atoms with van der Waals surface area (Å²) in [6.07, 6.45) is 5.12. The van der Waals surface area contributed by atoms with Crippen molar-refractivity contribution in [2.24, 2.45) is 11.0 Å². The molecule has 0 saturated carbocycles. The van der Waals surface area contributed by atoms with Crippen LogP contribution < -0.4 is 20.8 Å². The number of hydrogen-bond donors (Lipinski definition) is 5. The third-order valence-electron chi connectivity index (χ3n) is 4.29. The van der Waals surface area contributed by atoms with Crippen LogP contribution in [-0.4, -0.2) is 32.9 Å². The van der Waals surface area contributed by atoms with Crippen LogP contribution in [0.15, 0.2) is 12.1 Å². The fourth-order valence-electron chi connectivity index (χ4n) is 2.70. The number of methoxy groups -OCH3 is 1. The van der Waals surface area contributed by atoms with Crippen molar-refractivity contribution in [1.82, 2.24) is 5.09 Å². The van der Waals surface area contributed by atoms with Gasteiger partial charge in [0.25, 0.3) is 13.5 Å². The molecule has 0 bridgehead atoms. The maximum atomic E-state index is 11.9. The predicted octanol–water partition coefficient (Wildman–Crippen LogP) is 3.91. The molecule has 0 radical (unpaired) electrons. The van der Waals surface area contributed by atoms with E-state index in [0.29, 0.717) is 24.8 Å². The Kier molecular flexibility index (Phi) is 10.4. The standard InChI is InChI=1S/C17H27Cl3N3O5P/c1-28-12-10-9-11(14(24)15(12)25)7-5-3-2-4-6-8-13(18)17(19,20)16(26)23-29(21,22)27/h9-10,13,24-25H,2-8H2,1H3,(H5,21,22,23,26,27). The molecule has 1 aromatic carbocycles. The van der Waals surface area contributed by atoms with Gasteiger partial charge in [-0.2, -0.15) is 0 Å². The number of ether oxygens (including phenoxy) is 1. The summed E-state index contributed by atoms with van der Waals surface area (Å²) >= 11 is 18.0. The third kappa shape index (κ3) is 8.40. The van der Waals surface area contributed by atoms with E-state index in [-0.39, 0.29) is 17.2 Å². The topological polar surface area (TPSA) is 148 Å². The minimum Gasteiger partial charge on any atom is -0.504 e. The number of benzene rings is 1. The number of hydrogen-bond acceptors (Lipinski definition) is 5. The van der Waals surface area contributed by atoms with Gasteiger partial charge in [-0.1, -0.05) is 55.0 Å². The van der Waals surface area contributed by atoms with Crippen molar-refractivity contribution >= 4 is 48.3 Å². The Balaban J connectivity index is 2.31. The van der Waals surface area contributed by atoms with E-state index in [1.807, 2.05) is 5.09 Å². The summed E-state index contributed by atoms with van der Waals surface area (Å²) in [6.45, 7) is 0. The number of aromatic hydroxyl groups is 2. The number of unbranched alkanes of at least 4 members (excludes halogenated alkanes) is 4. The first-order valence-electron chi connectivity index (χ1n) is 8.99. The van der Waals surface area contributed by atoms with E-state index in [2.05, 4.69) is 0 Å². The number of carbonyl (C=O) groups excluding carboxylic acids is 1. The summed E-state index contributed by atoms with van der Waals surface area (Å²) in [4.78, 5) is 11.9. The Bertz CT molecular complexity index is 745. The van der Waals surface area contributed by atoms with Crippen LogP contribution in [-0.2, 0) is 15.8 Å². The number of nitrogens with one attached hydrogen (secondary N) is 1. The van der Waals surface area contributed by atoms with Gasteiger partial charge in [-0.15, -0.1) is 11.6 Å². The minimum atomic E-state index is -3.81. The number of phenolic OH excluding ortho intramolecular Hbond substituents is 2. The van der Waals surface area contributed by atoms with E-state index in [1.54, 1.807) is 12.1 Å². The van der Waals surface area contributed by atoms with Gasteiger partial charge in [0, 0.05) is 0 Å². The van der Waals surface area contributed by atoms with E-state index in [1.165, 1.54) is 7.11 Å². The molecule has 1 aromatic rings. The second-order valence-corrected chi connectivity index (χ2v) is 10.2. The molecular weight excluding hydrogens is 464 g/mol. The van der Waals surface area contributed by atoms with Crippen LogP contribution in [0.5, 0.6) is 17.2 Å². The van der Waals surface area contributed by atoms with Crippen molar-refractivity contribution < 1.29 is 24.3 Å². The molecule has 1 amide bonds. The molecule has 0 aliphatic carbocycles.